The smallest absolute Gasteiger partial charge is 0.306 e. The van der Waals surface area contributed by atoms with E-state index in [1.54, 1.807) is 23.1 Å². The van der Waals surface area contributed by atoms with Gasteiger partial charge in [0, 0.05) is 23.1 Å². The molecule has 1 atom stereocenters. The molecule has 0 aliphatic carbocycles. The Kier molecular flexibility index (Phi) is 5.45. The van der Waals surface area contributed by atoms with E-state index in [4.69, 9.17) is 33.0 Å². The molecule has 0 aromatic heterocycles. The monoisotopic (exact) mass is 331 g/mol. The highest BCUT2D eigenvalue weighted by Gasteiger charge is 2.26. The number of carboxylic acids is 1. The number of nitrogens with zero attached hydrogens (tertiary/aromatic N) is 1. The van der Waals surface area contributed by atoms with E-state index in [0.717, 1.165) is 0 Å². The minimum absolute atomic E-state index is 0.0992. The molecule has 1 aromatic carbocycles. The second kappa shape index (κ2) is 7.11. The lowest BCUT2D eigenvalue weighted by Gasteiger charge is -2.32. The van der Waals surface area contributed by atoms with Crippen LogP contribution in [-0.4, -0.2) is 47.7 Å². The number of hydrogen-bond donors (Lipinski definition) is 1. The van der Waals surface area contributed by atoms with E-state index in [1.807, 2.05) is 0 Å². The maximum Gasteiger partial charge on any atom is 0.306 e. The molecule has 2 rings (SSSR count). The van der Waals surface area contributed by atoms with Crippen LogP contribution in [0.25, 0.3) is 0 Å². The van der Waals surface area contributed by atoms with E-state index in [9.17, 15) is 9.59 Å². The molecule has 1 aliphatic rings. The number of carbonyl (C=O) groups excluding carboxylic acids is 1. The SMILES string of the molecule is O=C(O)CC1CN(C(=O)Cc2ccc(Cl)cc2Cl)CCO1. The number of halogens is 2. The van der Waals surface area contributed by atoms with Crippen molar-refractivity contribution in [3.8, 4) is 0 Å². The minimum atomic E-state index is -0.935. The molecule has 5 nitrogen and oxygen atoms in total. The highest BCUT2D eigenvalue weighted by atomic mass is 35.5. The summed E-state index contributed by atoms with van der Waals surface area (Å²) >= 11 is 11.9. The fourth-order valence-electron chi connectivity index (χ4n) is 2.20. The first kappa shape index (κ1) is 16.1. The van der Waals surface area contributed by atoms with Gasteiger partial charge in [-0.1, -0.05) is 29.3 Å². The molecule has 1 N–H and O–H groups in total. The number of benzene rings is 1. The van der Waals surface area contributed by atoms with Crippen LogP contribution in [0.1, 0.15) is 12.0 Å². The molecule has 0 bridgehead atoms. The average Bonchev–Trinajstić information content (AvgIpc) is 2.41. The van der Waals surface area contributed by atoms with Crippen molar-refractivity contribution in [3.05, 3.63) is 33.8 Å². The fraction of sp³-hybridized carbons (Fsp3) is 0.429. The van der Waals surface area contributed by atoms with Gasteiger partial charge in [-0.25, -0.2) is 0 Å². The van der Waals surface area contributed by atoms with E-state index < -0.39 is 12.1 Å². The van der Waals surface area contributed by atoms with Gasteiger partial charge in [0.15, 0.2) is 0 Å². The van der Waals surface area contributed by atoms with Crippen LogP contribution in [-0.2, 0) is 20.7 Å². The summed E-state index contributed by atoms with van der Waals surface area (Å²) in [6.45, 7) is 1.09. The quantitative estimate of drug-likeness (QED) is 0.918. The lowest BCUT2D eigenvalue weighted by Crippen LogP contribution is -2.46. The van der Waals surface area contributed by atoms with Crippen molar-refractivity contribution in [1.82, 2.24) is 4.90 Å². The van der Waals surface area contributed by atoms with Crippen LogP contribution in [0.4, 0.5) is 0 Å². The van der Waals surface area contributed by atoms with Crippen LogP contribution < -0.4 is 0 Å². The third-order valence-corrected chi connectivity index (χ3v) is 3.84. The number of hydrogen-bond acceptors (Lipinski definition) is 3. The molecule has 1 saturated heterocycles. The largest absolute Gasteiger partial charge is 0.481 e. The van der Waals surface area contributed by atoms with Crippen molar-refractivity contribution in [2.75, 3.05) is 19.7 Å². The molecule has 1 fully saturated rings. The van der Waals surface area contributed by atoms with Crippen molar-refractivity contribution in [3.63, 3.8) is 0 Å². The molecular weight excluding hydrogens is 317 g/mol. The van der Waals surface area contributed by atoms with Crippen LogP contribution in [0.5, 0.6) is 0 Å². The molecule has 1 unspecified atom stereocenters. The maximum atomic E-state index is 12.3. The number of carbonyl (C=O) groups is 2. The van der Waals surface area contributed by atoms with Crippen LogP contribution in [0, 0.1) is 0 Å². The van der Waals surface area contributed by atoms with E-state index in [1.165, 1.54) is 0 Å². The third kappa shape index (κ3) is 4.59. The zero-order valence-electron chi connectivity index (χ0n) is 11.2. The van der Waals surface area contributed by atoms with Gasteiger partial charge in [-0.3, -0.25) is 9.59 Å². The Labute approximate surface area is 132 Å². The van der Waals surface area contributed by atoms with Gasteiger partial charge in [-0.05, 0) is 17.7 Å². The molecule has 1 heterocycles. The summed E-state index contributed by atoms with van der Waals surface area (Å²) in [6, 6.07) is 5.00. The zero-order chi connectivity index (χ0) is 15.4. The molecule has 21 heavy (non-hydrogen) atoms. The Morgan fingerprint density at radius 3 is 2.81 bits per heavy atom. The van der Waals surface area contributed by atoms with Crippen LogP contribution >= 0.6 is 23.2 Å². The molecule has 0 spiro atoms. The summed E-state index contributed by atoms with van der Waals surface area (Å²) in [6.07, 6.45) is -0.401. The van der Waals surface area contributed by atoms with Gasteiger partial charge in [0.25, 0.3) is 0 Å². The molecular formula is C14H15Cl2NO4. The van der Waals surface area contributed by atoms with Crippen molar-refractivity contribution in [2.45, 2.75) is 18.9 Å². The van der Waals surface area contributed by atoms with E-state index >= 15 is 0 Å². The molecule has 114 valence electrons. The molecule has 1 aliphatic heterocycles. The first-order valence-corrected chi connectivity index (χ1v) is 7.26. The lowest BCUT2D eigenvalue weighted by molar-refractivity contribution is -0.147. The summed E-state index contributed by atoms with van der Waals surface area (Å²) in [5, 5.41) is 9.74. The Hall–Kier alpha value is -1.30. The first-order chi connectivity index (χ1) is 9.95. The average molecular weight is 332 g/mol. The number of ether oxygens (including phenoxy) is 1. The van der Waals surface area contributed by atoms with Gasteiger partial charge >= 0.3 is 5.97 Å². The summed E-state index contributed by atoms with van der Waals surface area (Å²) < 4.78 is 5.34. The Bertz CT molecular complexity index is 550. The predicted octanol–water partition coefficient (Wildman–Crippen LogP) is 2.24. The van der Waals surface area contributed by atoms with Gasteiger partial charge in [0.2, 0.25) is 5.91 Å². The topological polar surface area (TPSA) is 66.8 Å². The van der Waals surface area contributed by atoms with Crippen LogP contribution in [0.15, 0.2) is 18.2 Å². The van der Waals surface area contributed by atoms with Gasteiger partial charge in [0.05, 0.1) is 25.6 Å². The number of carboxylic acid groups (broad SMARTS) is 1. The highest BCUT2D eigenvalue weighted by Crippen LogP contribution is 2.22. The Morgan fingerprint density at radius 2 is 2.14 bits per heavy atom. The number of morpholine rings is 1. The molecule has 1 amide bonds. The molecule has 7 heteroatoms. The number of aliphatic carboxylic acids is 1. The lowest BCUT2D eigenvalue weighted by atomic mass is 10.1. The first-order valence-electron chi connectivity index (χ1n) is 6.51. The van der Waals surface area contributed by atoms with Gasteiger partial charge in [0.1, 0.15) is 0 Å². The Morgan fingerprint density at radius 1 is 1.38 bits per heavy atom. The summed E-state index contributed by atoms with van der Waals surface area (Å²) in [4.78, 5) is 24.6. The van der Waals surface area contributed by atoms with Gasteiger partial charge in [-0.2, -0.15) is 0 Å². The predicted molar refractivity (Wildman–Crippen MR) is 78.7 cm³/mol. The molecule has 1 aromatic rings. The summed E-state index contributed by atoms with van der Waals surface area (Å²) in [5.74, 6) is -1.03. The highest BCUT2D eigenvalue weighted by molar-refractivity contribution is 6.35. The third-order valence-electron chi connectivity index (χ3n) is 3.25. The minimum Gasteiger partial charge on any atom is -0.481 e. The number of amides is 1. The number of rotatable bonds is 4. The Balaban J connectivity index is 1.97. The second-order valence-electron chi connectivity index (χ2n) is 4.84. The van der Waals surface area contributed by atoms with Crippen molar-refractivity contribution in [1.29, 1.82) is 0 Å². The maximum absolute atomic E-state index is 12.3. The second-order valence-corrected chi connectivity index (χ2v) is 5.69. The standard InChI is InChI=1S/C14H15Cl2NO4/c15-10-2-1-9(12(16)6-10)5-13(18)17-3-4-21-11(8-17)7-14(19)20/h1-2,6,11H,3-5,7-8H2,(H,19,20). The normalized spacial score (nSPS) is 18.6. The van der Waals surface area contributed by atoms with Crippen molar-refractivity contribution < 1.29 is 19.4 Å². The molecule has 0 radical (unpaired) electrons. The van der Waals surface area contributed by atoms with Gasteiger partial charge in [-0.15, -0.1) is 0 Å². The fourth-order valence-corrected chi connectivity index (χ4v) is 2.68. The van der Waals surface area contributed by atoms with Crippen molar-refractivity contribution >= 4 is 35.1 Å². The van der Waals surface area contributed by atoms with E-state index in [2.05, 4.69) is 0 Å². The van der Waals surface area contributed by atoms with E-state index in [-0.39, 0.29) is 25.3 Å². The van der Waals surface area contributed by atoms with Crippen LogP contribution in [0.3, 0.4) is 0 Å². The van der Waals surface area contributed by atoms with E-state index in [0.29, 0.717) is 28.8 Å². The summed E-state index contributed by atoms with van der Waals surface area (Å²) in [5.41, 5.74) is 0.701. The van der Waals surface area contributed by atoms with Crippen LogP contribution in [0.2, 0.25) is 10.0 Å². The molecule has 0 saturated carbocycles. The summed E-state index contributed by atoms with van der Waals surface area (Å²) in [7, 11) is 0. The van der Waals surface area contributed by atoms with Crippen molar-refractivity contribution in [2.24, 2.45) is 0 Å². The zero-order valence-corrected chi connectivity index (χ0v) is 12.7. The van der Waals surface area contributed by atoms with Gasteiger partial charge < -0.3 is 14.7 Å².